The van der Waals surface area contributed by atoms with Crippen LogP contribution in [0.15, 0.2) is 36.8 Å². The van der Waals surface area contributed by atoms with Crippen molar-refractivity contribution in [3.05, 3.63) is 42.6 Å². The highest BCUT2D eigenvalue weighted by Gasteiger charge is 2.10. The standard InChI is InChI=1S/C15H17N5O/c1-10(2)20-14(18-9-19-20)8-21-13-6-5-12(16)11-4-3-7-17-15(11)13/h3-7,9-10H,8,16H2,1-2H3. The van der Waals surface area contributed by atoms with Gasteiger partial charge in [0.05, 0.1) is 0 Å². The van der Waals surface area contributed by atoms with Crippen molar-refractivity contribution in [1.29, 1.82) is 0 Å². The second-order valence-electron chi connectivity index (χ2n) is 5.06. The van der Waals surface area contributed by atoms with Gasteiger partial charge in [-0.25, -0.2) is 9.67 Å². The third-order valence-corrected chi connectivity index (χ3v) is 3.26. The van der Waals surface area contributed by atoms with Gasteiger partial charge in [0, 0.05) is 23.3 Å². The second kappa shape index (κ2) is 5.40. The third kappa shape index (κ3) is 2.52. The van der Waals surface area contributed by atoms with Crippen molar-refractivity contribution in [1.82, 2.24) is 19.7 Å². The van der Waals surface area contributed by atoms with Gasteiger partial charge in [-0.3, -0.25) is 4.98 Å². The molecule has 1 aromatic carbocycles. The van der Waals surface area contributed by atoms with Crippen LogP contribution in [0.5, 0.6) is 5.75 Å². The van der Waals surface area contributed by atoms with Crippen molar-refractivity contribution < 1.29 is 4.74 Å². The number of hydrogen-bond acceptors (Lipinski definition) is 5. The monoisotopic (exact) mass is 283 g/mol. The smallest absolute Gasteiger partial charge is 0.165 e. The largest absolute Gasteiger partial charge is 0.483 e. The molecule has 0 fully saturated rings. The van der Waals surface area contributed by atoms with Crippen molar-refractivity contribution in [2.75, 3.05) is 5.73 Å². The van der Waals surface area contributed by atoms with Crippen LogP contribution < -0.4 is 10.5 Å². The molecule has 0 aliphatic rings. The summed E-state index contributed by atoms with van der Waals surface area (Å²) in [5.41, 5.74) is 7.41. The van der Waals surface area contributed by atoms with Gasteiger partial charge < -0.3 is 10.5 Å². The zero-order chi connectivity index (χ0) is 14.8. The maximum Gasteiger partial charge on any atom is 0.165 e. The van der Waals surface area contributed by atoms with Gasteiger partial charge in [0.25, 0.3) is 0 Å². The number of hydrogen-bond donors (Lipinski definition) is 1. The second-order valence-corrected chi connectivity index (χ2v) is 5.06. The van der Waals surface area contributed by atoms with E-state index >= 15 is 0 Å². The Balaban J connectivity index is 1.89. The van der Waals surface area contributed by atoms with Crippen LogP contribution in [0.25, 0.3) is 10.9 Å². The van der Waals surface area contributed by atoms with Gasteiger partial charge in [0.15, 0.2) is 5.82 Å². The molecule has 0 radical (unpaired) electrons. The summed E-state index contributed by atoms with van der Waals surface area (Å²) in [5.74, 6) is 1.48. The Morgan fingerprint density at radius 2 is 2.10 bits per heavy atom. The molecule has 0 aliphatic carbocycles. The lowest BCUT2D eigenvalue weighted by Crippen LogP contribution is -2.11. The summed E-state index contributed by atoms with van der Waals surface area (Å²) in [4.78, 5) is 8.58. The maximum atomic E-state index is 5.96. The first-order valence-corrected chi connectivity index (χ1v) is 6.81. The highest BCUT2D eigenvalue weighted by molar-refractivity contribution is 5.94. The number of ether oxygens (including phenoxy) is 1. The van der Waals surface area contributed by atoms with E-state index in [-0.39, 0.29) is 6.04 Å². The molecule has 0 saturated heterocycles. The summed E-state index contributed by atoms with van der Waals surface area (Å²) < 4.78 is 7.71. The molecule has 2 aromatic heterocycles. The van der Waals surface area contributed by atoms with Crippen LogP contribution in [0.1, 0.15) is 25.7 Å². The number of aromatic nitrogens is 4. The Morgan fingerprint density at radius 3 is 2.90 bits per heavy atom. The van der Waals surface area contributed by atoms with E-state index in [1.807, 2.05) is 28.9 Å². The number of nitrogen functional groups attached to an aromatic ring is 1. The minimum Gasteiger partial charge on any atom is -0.483 e. The molecular formula is C15H17N5O. The van der Waals surface area contributed by atoms with Crippen LogP contribution in [0.2, 0.25) is 0 Å². The number of pyridine rings is 1. The zero-order valence-corrected chi connectivity index (χ0v) is 12.0. The van der Waals surface area contributed by atoms with Gasteiger partial charge in [-0.1, -0.05) is 0 Å². The summed E-state index contributed by atoms with van der Waals surface area (Å²) in [5, 5.41) is 5.08. The third-order valence-electron chi connectivity index (χ3n) is 3.26. The number of nitrogens with zero attached hydrogens (tertiary/aromatic N) is 4. The van der Waals surface area contributed by atoms with Gasteiger partial charge in [0.1, 0.15) is 24.2 Å². The summed E-state index contributed by atoms with van der Waals surface area (Å²) in [6, 6.07) is 7.69. The molecule has 2 N–H and O–H groups in total. The molecule has 3 rings (SSSR count). The molecule has 0 atom stereocenters. The summed E-state index contributed by atoms with van der Waals surface area (Å²) >= 11 is 0. The highest BCUT2D eigenvalue weighted by Crippen LogP contribution is 2.28. The summed E-state index contributed by atoms with van der Waals surface area (Å²) in [7, 11) is 0. The van der Waals surface area contributed by atoms with Crippen LogP contribution in [-0.2, 0) is 6.61 Å². The normalized spacial score (nSPS) is 11.2. The predicted molar refractivity (Wildman–Crippen MR) is 80.9 cm³/mol. The van der Waals surface area contributed by atoms with Crippen LogP contribution in [0, 0.1) is 0 Å². The van der Waals surface area contributed by atoms with Crippen LogP contribution >= 0.6 is 0 Å². The summed E-state index contributed by atoms with van der Waals surface area (Å²) in [6.45, 7) is 4.45. The van der Waals surface area contributed by atoms with Gasteiger partial charge in [-0.05, 0) is 38.1 Å². The molecule has 2 heterocycles. The molecule has 0 saturated carbocycles. The average molecular weight is 283 g/mol. The molecule has 0 bridgehead atoms. The first kappa shape index (κ1) is 13.4. The van der Waals surface area contributed by atoms with E-state index in [4.69, 9.17) is 10.5 Å². The van der Waals surface area contributed by atoms with Gasteiger partial charge >= 0.3 is 0 Å². The molecule has 3 aromatic rings. The fourth-order valence-corrected chi connectivity index (χ4v) is 2.24. The Labute approximate surface area is 122 Å². The van der Waals surface area contributed by atoms with E-state index in [9.17, 15) is 0 Å². The number of nitrogens with two attached hydrogens (primary N) is 1. The number of anilines is 1. The summed E-state index contributed by atoms with van der Waals surface area (Å²) in [6.07, 6.45) is 3.27. The SMILES string of the molecule is CC(C)n1ncnc1COc1ccc(N)c2cccnc12. The van der Waals surface area contributed by atoms with Crippen molar-refractivity contribution in [2.24, 2.45) is 0 Å². The Bertz CT molecular complexity index is 766. The van der Waals surface area contributed by atoms with E-state index in [2.05, 4.69) is 28.9 Å². The molecule has 0 unspecified atom stereocenters. The molecule has 108 valence electrons. The Morgan fingerprint density at radius 1 is 1.24 bits per heavy atom. The molecule has 21 heavy (non-hydrogen) atoms. The molecule has 0 amide bonds. The van der Waals surface area contributed by atoms with Gasteiger partial charge in [-0.2, -0.15) is 5.10 Å². The first-order chi connectivity index (χ1) is 10.2. The van der Waals surface area contributed by atoms with E-state index in [1.165, 1.54) is 6.33 Å². The Hall–Kier alpha value is -2.63. The number of rotatable bonds is 4. The van der Waals surface area contributed by atoms with Crippen LogP contribution in [0.3, 0.4) is 0 Å². The lowest BCUT2D eigenvalue weighted by atomic mass is 10.2. The average Bonchev–Trinajstić information content (AvgIpc) is 2.96. The quantitative estimate of drug-likeness (QED) is 0.744. The lowest BCUT2D eigenvalue weighted by molar-refractivity contribution is 0.285. The Kier molecular flexibility index (Phi) is 3.43. The number of fused-ring (bicyclic) bond motifs is 1. The minimum atomic E-state index is 0.243. The highest BCUT2D eigenvalue weighted by atomic mass is 16.5. The molecule has 0 aliphatic heterocycles. The van der Waals surface area contributed by atoms with Gasteiger partial charge in [-0.15, -0.1) is 0 Å². The van der Waals surface area contributed by atoms with E-state index in [0.29, 0.717) is 18.0 Å². The maximum absolute atomic E-state index is 5.96. The van der Waals surface area contributed by atoms with E-state index < -0.39 is 0 Å². The van der Waals surface area contributed by atoms with Crippen molar-refractivity contribution in [3.8, 4) is 5.75 Å². The van der Waals surface area contributed by atoms with E-state index in [0.717, 1.165) is 16.7 Å². The van der Waals surface area contributed by atoms with E-state index in [1.54, 1.807) is 6.20 Å². The molecule has 0 spiro atoms. The first-order valence-electron chi connectivity index (χ1n) is 6.81. The fourth-order valence-electron chi connectivity index (χ4n) is 2.24. The zero-order valence-electron chi connectivity index (χ0n) is 12.0. The molecule has 6 heteroatoms. The minimum absolute atomic E-state index is 0.243. The van der Waals surface area contributed by atoms with Crippen molar-refractivity contribution >= 4 is 16.6 Å². The fraction of sp³-hybridized carbons (Fsp3) is 0.267. The molecular weight excluding hydrogens is 266 g/mol. The van der Waals surface area contributed by atoms with Crippen LogP contribution in [-0.4, -0.2) is 19.7 Å². The van der Waals surface area contributed by atoms with Crippen molar-refractivity contribution in [3.63, 3.8) is 0 Å². The molecule has 6 nitrogen and oxygen atoms in total. The topological polar surface area (TPSA) is 78.8 Å². The van der Waals surface area contributed by atoms with Crippen molar-refractivity contribution in [2.45, 2.75) is 26.5 Å². The lowest BCUT2D eigenvalue weighted by Gasteiger charge is -2.12. The van der Waals surface area contributed by atoms with Crippen LogP contribution in [0.4, 0.5) is 5.69 Å². The van der Waals surface area contributed by atoms with Gasteiger partial charge in [0.2, 0.25) is 0 Å². The predicted octanol–water partition coefficient (Wildman–Crippen LogP) is 2.57. The number of benzene rings is 1.